The largest absolute Gasteiger partial charge is 0.325 e. The van der Waals surface area contributed by atoms with E-state index < -0.39 is 6.04 Å². The van der Waals surface area contributed by atoms with E-state index in [2.05, 4.69) is 12.2 Å². The molecule has 0 bridgehead atoms. The molecule has 0 heterocycles. The molecule has 0 radical (unpaired) electrons. The Kier molecular flexibility index (Phi) is 4.99. The number of nitrogens with two attached hydrogens (primary N) is 1. The first kappa shape index (κ1) is 12.7. The van der Waals surface area contributed by atoms with Gasteiger partial charge in [-0.15, -0.1) is 0 Å². The van der Waals surface area contributed by atoms with E-state index >= 15 is 0 Å². The highest BCUT2D eigenvalue weighted by Crippen LogP contribution is 2.11. The molecule has 3 heteroatoms. The zero-order valence-corrected chi connectivity index (χ0v) is 9.99. The van der Waals surface area contributed by atoms with Crippen molar-refractivity contribution in [1.29, 1.82) is 0 Å². The quantitative estimate of drug-likeness (QED) is 0.800. The number of hydrogen-bond donors (Lipinski definition) is 2. The minimum absolute atomic E-state index is 0.120. The Morgan fingerprint density at radius 1 is 1.31 bits per heavy atom. The number of benzene rings is 1. The molecule has 0 aliphatic heterocycles. The molecule has 88 valence electrons. The number of nitrogens with one attached hydrogen (secondary N) is 1. The van der Waals surface area contributed by atoms with Crippen LogP contribution in [0.25, 0.3) is 0 Å². The fraction of sp³-hybridized carbons (Fsp3) is 0.462. The summed E-state index contributed by atoms with van der Waals surface area (Å²) in [7, 11) is 0. The molecule has 1 aromatic rings. The molecule has 1 rings (SSSR count). The van der Waals surface area contributed by atoms with Crippen LogP contribution >= 0.6 is 0 Å². The Labute approximate surface area is 97.0 Å². The molecule has 3 nitrogen and oxygen atoms in total. The number of anilines is 1. The van der Waals surface area contributed by atoms with Gasteiger partial charge in [0.15, 0.2) is 0 Å². The van der Waals surface area contributed by atoms with Crippen molar-refractivity contribution >= 4 is 11.6 Å². The van der Waals surface area contributed by atoms with Crippen LogP contribution in [-0.2, 0) is 11.2 Å². The van der Waals surface area contributed by atoms with Crippen LogP contribution in [-0.4, -0.2) is 11.9 Å². The first-order valence-corrected chi connectivity index (χ1v) is 5.82. The summed E-state index contributed by atoms with van der Waals surface area (Å²) in [5.41, 5.74) is 7.74. The molecule has 0 saturated carbocycles. The predicted molar refractivity (Wildman–Crippen MR) is 67.3 cm³/mol. The number of rotatable bonds is 5. The van der Waals surface area contributed by atoms with E-state index in [1.165, 1.54) is 5.56 Å². The van der Waals surface area contributed by atoms with Crippen molar-refractivity contribution in [1.82, 2.24) is 0 Å². The van der Waals surface area contributed by atoms with Crippen LogP contribution in [0.15, 0.2) is 24.3 Å². The van der Waals surface area contributed by atoms with Gasteiger partial charge in [0.05, 0.1) is 6.04 Å². The van der Waals surface area contributed by atoms with Gasteiger partial charge < -0.3 is 11.1 Å². The topological polar surface area (TPSA) is 55.1 Å². The molecule has 1 aromatic carbocycles. The average Bonchev–Trinajstić information content (AvgIpc) is 2.31. The second-order valence-electron chi connectivity index (χ2n) is 3.95. The molecule has 3 N–H and O–H groups in total. The third-order valence-electron chi connectivity index (χ3n) is 2.54. The highest BCUT2D eigenvalue weighted by atomic mass is 16.2. The van der Waals surface area contributed by atoms with E-state index in [4.69, 9.17) is 5.73 Å². The molecular weight excluding hydrogens is 200 g/mol. The highest BCUT2D eigenvalue weighted by Gasteiger charge is 2.10. The van der Waals surface area contributed by atoms with Crippen LogP contribution in [0.4, 0.5) is 5.69 Å². The second kappa shape index (κ2) is 6.28. The van der Waals surface area contributed by atoms with Crippen molar-refractivity contribution in [2.75, 3.05) is 5.32 Å². The maximum atomic E-state index is 11.5. The van der Waals surface area contributed by atoms with E-state index in [0.29, 0.717) is 6.42 Å². The number of aryl methyl sites for hydroxylation is 1. The molecule has 1 unspecified atom stereocenters. The van der Waals surface area contributed by atoms with E-state index in [9.17, 15) is 4.79 Å². The van der Waals surface area contributed by atoms with Crippen molar-refractivity contribution in [2.45, 2.75) is 39.2 Å². The lowest BCUT2D eigenvalue weighted by Gasteiger charge is -2.10. The summed E-state index contributed by atoms with van der Waals surface area (Å²) in [4.78, 5) is 11.5. The van der Waals surface area contributed by atoms with Crippen LogP contribution in [0.2, 0.25) is 0 Å². The van der Waals surface area contributed by atoms with Crippen molar-refractivity contribution < 1.29 is 4.79 Å². The van der Waals surface area contributed by atoms with Crippen LogP contribution in [0, 0.1) is 0 Å². The van der Waals surface area contributed by atoms with Crippen molar-refractivity contribution in [3.05, 3.63) is 29.8 Å². The Hall–Kier alpha value is -1.35. The summed E-state index contributed by atoms with van der Waals surface area (Å²) in [5.74, 6) is -0.120. The van der Waals surface area contributed by atoms with Crippen LogP contribution in [0.5, 0.6) is 0 Å². The van der Waals surface area contributed by atoms with Gasteiger partial charge in [0.2, 0.25) is 5.91 Å². The van der Waals surface area contributed by atoms with Gasteiger partial charge in [-0.2, -0.15) is 0 Å². The fourth-order valence-corrected chi connectivity index (χ4v) is 1.46. The summed E-state index contributed by atoms with van der Waals surface area (Å²) in [5, 5.41) is 2.80. The lowest BCUT2D eigenvalue weighted by atomic mass is 10.1. The molecular formula is C13H20N2O. The Balaban J connectivity index is 2.58. The van der Waals surface area contributed by atoms with Gasteiger partial charge in [-0.3, -0.25) is 4.79 Å². The standard InChI is InChI=1S/C13H20N2O/c1-3-5-10-6-8-11(9-7-10)15-13(16)12(14)4-2/h6-9,12H,3-5,14H2,1-2H3,(H,15,16). The minimum atomic E-state index is -0.421. The minimum Gasteiger partial charge on any atom is -0.325 e. The molecule has 0 aliphatic carbocycles. The smallest absolute Gasteiger partial charge is 0.241 e. The highest BCUT2D eigenvalue weighted by molar-refractivity contribution is 5.94. The van der Waals surface area contributed by atoms with Crippen molar-refractivity contribution in [2.24, 2.45) is 5.73 Å². The third-order valence-corrected chi connectivity index (χ3v) is 2.54. The van der Waals surface area contributed by atoms with Gasteiger partial charge >= 0.3 is 0 Å². The Bertz CT molecular complexity index is 332. The fourth-order valence-electron chi connectivity index (χ4n) is 1.46. The van der Waals surface area contributed by atoms with Gasteiger partial charge in [-0.25, -0.2) is 0 Å². The van der Waals surface area contributed by atoms with Gasteiger partial charge in [-0.05, 0) is 30.5 Å². The summed E-state index contributed by atoms with van der Waals surface area (Å²) in [6.45, 7) is 4.05. The lowest BCUT2D eigenvalue weighted by molar-refractivity contribution is -0.117. The van der Waals surface area contributed by atoms with Crippen molar-refractivity contribution in [3.63, 3.8) is 0 Å². The summed E-state index contributed by atoms with van der Waals surface area (Å²) >= 11 is 0. The molecule has 0 spiro atoms. The first-order valence-electron chi connectivity index (χ1n) is 5.82. The maximum absolute atomic E-state index is 11.5. The molecule has 0 aromatic heterocycles. The predicted octanol–water partition coefficient (Wildman–Crippen LogP) is 2.31. The van der Waals surface area contributed by atoms with Gasteiger partial charge in [0.25, 0.3) is 0 Å². The van der Waals surface area contributed by atoms with Crippen molar-refractivity contribution in [3.8, 4) is 0 Å². The molecule has 1 amide bonds. The SMILES string of the molecule is CCCc1ccc(NC(=O)C(N)CC)cc1. The van der Waals surface area contributed by atoms with Gasteiger partial charge in [0, 0.05) is 5.69 Å². The molecule has 1 atom stereocenters. The van der Waals surface area contributed by atoms with Crippen LogP contribution in [0.1, 0.15) is 32.3 Å². The normalized spacial score (nSPS) is 12.2. The molecule has 0 saturated heterocycles. The van der Waals surface area contributed by atoms with Gasteiger partial charge in [-0.1, -0.05) is 32.4 Å². The van der Waals surface area contributed by atoms with Crippen LogP contribution in [0.3, 0.4) is 0 Å². The van der Waals surface area contributed by atoms with Crippen LogP contribution < -0.4 is 11.1 Å². The van der Waals surface area contributed by atoms with E-state index in [1.807, 2.05) is 31.2 Å². The summed E-state index contributed by atoms with van der Waals surface area (Å²) in [6.07, 6.45) is 2.86. The number of carbonyl (C=O) groups is 1. The van der Waals surface area contributed by atoms with Gasteiger partial charge in [0.1, 0.15) is 0 Å². The zero-order chi connectivity index (χ0) is 12.0. The van der Waals surface area contributed by atoms with E-state index in [1.54, 1.807) is 0 Å². The molecule has 0 aliphatic rings. The Morgan fingerprint density at radius 2 is 1.94 bits per heavy atom. The number of carbonyl (C=O) groups excluding carboxylic acids is 1. The third kappa shape index (κ3) is 3.66. The maximum Gasteiger partial charge on any atom is 0.241 e. The Morgan fingerprint density at radius 3 is 2.44 bits per heavy atom. The summed E-state index contributed by atoms with van der Waals surface area (Å²) in [6, 6.07) is 7.50. The lowest BCUT2D eigenvalue weighted by Crippen LogP contribution is -2.34. The number of hydrogen-bond acceptors (Lipinski definition) is 2. The average molecular weight is 220 g/mol. The number of amides is 1. The van der Waals surface area contributed by atoms with E-state index in [0.717, 1.165) is 18.5 Å². The molecule has 0 fully saturated rings. The first-order chi connectivity index (χ1) is 7.67. The zero-order valence-electron chi connectivity index (χ0n) is 9.99. The monoisotopic (exact) mass is 220 g/mol. The second-order valence-corrected chi connectivity index (χ2v) is 3.95. The molecule has 16 heavy (non-hydrogen) atoms. The summed E-state index contributed by atoms with van der Waals surface area (Å²) < 4.78 is 0. The van der Waals surface area contributed by atoms with E-state index in [-0.39, 0.29) is 5.91 Å².